The average Bonchev–Trinajstić information content (AvgIpc) is 3.11. The first-order chi connectivity index (χ1) is 14.0. The standard InChI is InChI=1S/C21H19N5O2S/c1-13-11-14(2)26-20(22-13)24-21(25-26)29-12-15-5-3-4-6-18(15)19(28)23-16-7-9-17(27)10-8-16/h3-11,27H,12H2,1-2H3,(H,23,28). The van der Waals surface area contributed by atoms with Crippen LogP contribution in [-0.2, 0) is 5.75 Å². The minimum Gasteiger partial charge on any atom is -0.508 e. The van der Waals surface area contributed by atoms with Crippen molar-refractivity contribution < 1.29 is 9.90 Å². The SMILES string of the molecule is Cc1cc(C)n2nc(SCc3ccccc3C(=O)Nc3ccc(O)cc3)nc2n1. The Balaban J connectivity index is 1.52. The fraction of sp³-hybridized carbons (Fsp3) is 0.143. The predicted octanol–water partition coefficient (Wildman–Crippen LogP) is 3.99. The van der Waals surface area contributed by atoms with Crippen LogP contribution >= 0.6 is 11.8 Å². The molecule has 0 fully saturated rings. The Kier molecular flexibility index (Phi) is 5.18. The maximum absolute atomic E-state index is 12.7. The van der Waals surface area contributed by atoms with E-state index in [1.807, 2.05) is 38.1 Å². The van der Waals surface area contributed by atoms with Gasteiger partial charge in [0.25, 0.3) is 11.7 Å². The molecule has 0 spiro atoms. The number of anilines is 1. The van der Waals surface area contributed by atoms with Crippen molar-refractivity contribution in [1.82, 2.24) is 19.6 Å². The zero-order valence-corrected chi connectivity index (χ0v) is 16.8. The molecule has 0 saturated carbocycles. The quantitative estimate of drug-likeness (QED) is 0.385. The molecule has 0 unspecified atom stereocenters. The molecule has 2 heterocycles. The lowest BCUT2D eigenvalue weighted by Gasteiger charge is -2.09. The van der Waals surface area contributed by atoms with Crippen molar-refractivity contribution in [2.24, 2.45) is 0 Å². The van der Waals surface area contributed by atoms with E-state index in [4.69, 9.17) is 0 Å². The van der Waals surface area contributed by atoms with Crippen LogP contribution < -0.4 is 5.32 Å². The third-order valence-electron chi connectivity index (χ3n) is 4.34. The Morgan fingerprint density at radius 1 is 1.10 bits per heavy atom. The predicted molar refractivity (Wildman–Crippen MR) is 112 cm³/mol. The summed E-state index contributed by atoms with van der Waals surface area (Å²) in [5, 5.41) is 17.3. The number of fused-ring (bicyclic) bond motifs is 1. The number of hydrogen-bond donors (Lipinski definition) is 2. The van der Waals surface area contributed by atoms with E-state index in [1.54, 1.807) is 22.7 Å². The summed E-state index contributed by atoms with van der Waals surface area (Å²) in [6, 6.07) is 15.8. The number of aromatic nitrogens is 4. The number of nitrogens with zero attached hydrogens (tertiary/aromatic N) is 4. The molecule has 0 aliphatic heterocycles. The molecule has 0 atom stereocenters. The van der Waals surface area contributed by atoms with E-state index in [9.17, 15) is 9.90 Å². The molecule has 29 heavy (non-hydrogen) atoms. The molecule has 4 rings (SSSR count). The van der Waals surface area contributed by atoms with Gasteiger partial charge < -0.3 is 10.4 Å². The maximum atomic E-state index is 12.7. The van der Waals surface area contributed by atoms with Gasteiger partial charge in [0, 0.05) is 28.4 Å². The topological polar surface area (TPSA) is 92.4 Å². The molecule has 0 bridgehead atoms. The second-order valence-corrected chi connectivity index (χ2v) is 7.53. The zero-order chi connectivity index (χ0) is 20.4. The second kappa shape index (κ2) is 7.92. The Hall–Kier alpha value is -3.39. The van der Waals surface area contributed by atoms with Crippen LogP contribution in [0.2, 0.25) is 0 Å². The summed E-state index contributed by atoms with van der Waals surface area (Å²) in [6.45, 7) is 3.89. The van der Waals surface area contributed by atoms with E-state index in [1.165, 1.54) is 23.9 Å². The van der Waals surface area contributed by atoms with Crippen LogP contribution in [-0.4, -0.2) is 30.6 Å². The van der Waals surface area contributed by atoms with Gasteiger partial charge in [0.15, 0.2) is 0 Å². The molecule has 146 valence electrons. The van der Waals surface area contributed by atoms with E-state index >= 15 is 0 Å². The normalized spacial score (nSPS) is 11.0. The maximum Gasteiger partial charge on any atom is 0.255 e. The Bertz CT molecular complexity index is 1190. The number of phenolic OH excluding ortho intramolecular Hbond substituents is 1. The summed E-state index contributed by atoms with van der Waals surface area (Å²) in [5.41, 5.74) is 3.96. The van der Waals surface area contributed by atoms with Gasteiger partial charge in [-0.3, -0.25) is 4.79 Å². The smallest absolute Gasteiger partial charge is 0.255 e. The first-order valence-electron chi connectivity index (χ1n) is 9.02. The van der Waals surface area contributed by atoms with Crippen LogP contribution in [0.4, 0.5) is 5.69 Å². The minimum absolute atomic E-state index is 0.152. The van der Waals surface area contributed by atoms with Gasteiger partial charge in [-0.25, -0.2) is 9.50 Å². The molecule has 1 amide bonds. The number of carbonyl (C=O) groups excluding carboxylic acids is 1. The molecular formula is C21H19N5O2S. The summed E-state index contributed by atoms with van der Waals surface area (Å²) in [6.07, 6.45) is 0. The van der Waals surface area contributed by atoms with E-state index in [2.05, 4.69) is 20.4 Å². The van der Waals surface area contributed by atoms with E-state index < -0.39 is 0 Å². The molecule has 8 heteroatoms. The molecule has 0 aliphatic carbocycles. The van der Waals surface area contributed by atoms with Crippen LogP contribution in [0.15, 0.2) is 59.8 Å². The summed E-state index contributed by atoms with van der Waals surface area (Å²) in [7, 11) is 0. The van der Waals surface area contributed by atoms with Crippen molar-refractivity contribution in [3.05, 3.63) is 77.1 Å². The molecular weight excluding hydrogens is 386 g/mol. The highest BCUT2D eigenvalue weighted by molar-refractivity contribution is 7.98. The zero-order valence-electron chi connectivity index (χ0n) is 16.0. The highest BCUT2D eigenvalue weighted by Crippen LogP contribution is 2.24. The largest absolute Gasteiger partial charge is 0.508 e. The van der Waals surface area contributed by atoms with Crippen LogP contribution in [0.5, 0.6) is 5.75 Å². The number of benzene rings is 2. The molecule has 7 nitrogen and oxygen atoms in total. The lowest BCUT2D eigenvalue weighted by atomic mass is 10.1. The molecule has 0 aliphatic rings. The van der Waals surface area contributed by atoms with Crippen molar-refractivity contribution in [1.29, 1.82) is 0 Å². The fourth-order valence-corrected chi connectivity index (χ4v) is 3.78. The van der Waals surface area contributed by atoms with Crippen molar-refractivity contribution in [3.63, 3.8) is 0 Å². The van der Waals surface area contributed by atoms with Crippen molar-refractivity contribution in [2.45, 2.75) is 24.8 Å². The Morgan fingerprint density at radius 3 is 2.66 bits per heavy atom. The number of carbonyl (C=O) groups is 1. The van der Waals surface area contributed by atoms with Crippen LogP contribution in [0.25, 0.3) is 5.78 Å². The number of aromatic hydroxyl groups is 1. The van der Waals surface area contributed by atoms with Crippen molar-refractivity contribution in [3.8, 4) is 5.75 Å². The van der Waals surface area contributed by atoms with Gasteiger partial charge in [-0.15, -0.1) is 5.10 Å². The van der Waals surface area contributed by atoms with Gasteiger partial charge in [-0.2, -0.15) is 4.98 Å². The highest BCUT2D eigenvalue weighted by atomic mass is 32.2. The molecule has 2 aromatic heterocycles. The van der Waals surface area contributed by atoms with Gasteiger partial charge in [-0.1, -0.05) is 30.0 Å². The monoisotopic (exact) mass is 405 g/mol. The van der Waals surface area contributed by atoms with E-state index in [-0.39, 0.29) is 11.7 Å². The van der Waals surface area contributed by atoms with Crippen molar-refractivity contribution in [2.75, 3.05) is 5.32 Å². The summed E-state index contributed by atoms with van der Waals surface area (Å²) >= 11 is 1.46. The second-order valence-electron chi connectivity index (χ2n) is 6.59. The third kappa shape index (κ3) is 4.22. The average molecular weight is 405 g/mol. The van der Waals surface area contributed by atoms with Gasteiger partial charge in [0.2, 0.25) is 5.16 Å². The summed E-state index contributed by atoms with van der Waals surface area (Å²) in [5.74, 6) is 1.07. The van der Waals surface area contributed by atoms with Gasteiger partial charge in [0.1, 0.15) is 5.75 Å². The number of amides is 1. The number of phenols is 1. The van der Waals surface area contributed by atoms with Gasteiger partial charge in [-0.05, 0) is 55.8 Å². The Morgan fingerprint density at radius 2 is 1.86 bits per heavy atom. The highest BCUT2D eigenvalue weighted by Gasteiger charge is 2.14. The van der Waals surface area contributed by atoms with Crippen LogP contribution in [0.1, 0.15) is 27.3 Å². The number of aryl methyl sites for hydroxylation is 2. The number of hydrogen-bond acceptors (Lipinski definition) is 6. The minimum atomic E-state index is -0.206. The van der Waals surface area contributed by atoms with Gasteiger partial charge >= 0.3 is 0 Å². The first-order valence-corrected chi connectivity index (χ1v) is 10.0. The molecule has 2 aromatic carbocycles. The molecule has 2 N–H and O–H groups in total. The number of rotatable bonds is 5. The number of nitrogens with one attached hydrogen (secondary N) is 1. The molecule has 0 saturated heterocycles. The van der Waals surface area contributed by atoms with Crippen LogP contribution in [0, 0.1) is 13.8 Å². The van der Waals surface area contributed by atoms with Crippen LogP contribution in [0.3, 0.4) is 0 Å². The summed E-state index contributed by atoms with van der Waals surface area (Å²) in [4.78, 5) is 21.6. The third-order valence-corrected chi connectivity index (χ3v) is 5.23. The first kappa shape index (κ1) is 18.9. The lowest BCUT2D eigenvalue weighted by molar-refractivity contribution is 0.102. The molecule has 0 radical (unpaired) electrons. The van der Waals surface area contributed by atoms with E-state index in [0.29, 0.717) is 27.9 Å². The summed E-state index contributed by atoms with van der Waals surface area (Å²) < 4.78 is 1.72. The fourth-order valence-electron chi connectivity index (χ4n) is 2.96. The Labute approximate surface area is 171 Å². The lowest BCUT2D eigenvalue weighted by Crippen LogP contribution is -2.13. The number of thioether (sulfide) groups is 1. The molecule has 4 aromatic rings. The van der Waals surface area contributed by atoms with E-state index in [0.717, 1.165) is 17.0 Å². The van der Waals surface area contributed by atoms with Gasteiger partial charge in [0.05, 0.1) is 0 Å². The van der Waals surface area contributed by atoms with Crippen molar-refractivity contribution >= 4 is 29.1 Å².